The smallest absolute Gasteiger partial charge is 0.226 e. The number of rotatable bonds is 4. The van der Waals surface area contributed by atoms with Crippen molar-refractivity contribution in [3.63, 3.8) is 0 Å². The summed E-state index contributed by atoms with van der Waals surface area (Å²) < 4.78 is 5.33. The van der Waals surface area contributed by atoms with Crippen LogP contribution in [0.2, 0.25) is 0 Å². The Hall–Kier alpha value is -2.63. The molecule has 0 radical (unpaired) electrons. The van der Waals surface area contributed by atoms with Crippen LogP contribution in [0, 0.1) is 0 Å². The van der Waals surface area contributed by atoms with E-state index >= 15 is 0 Å². The Bertz CT molecular complexity index is 996. The van der Waals surface area contributed by atoms with E-state index in [0.29, 0.717) is 31.0 Å². The fourth-order valence-corrected chi connectivity index (χ4v) is 3.96. The molecule has 1 aliphatic heterocycles. The van der Waals surface area contributed by atoms with Gasteiger partial charge in [0.2, 0.25) is 11.8 Å². The molecule has 28 heavy (non-hydrogen) atoms. The molecule has 0 fully saturated rings. The molecule has 148 valence electrons. The van der Waals surface area contributed by atoms with Crippen LogP contribution in [0.1, 0.15) is 69.6 Å². The molecule has 0 bridgehead atoms. The Morgan fingerprint density at radius 2 is 2.11 bits per heavy atom. The van der Waals surface area contributed by atoms with Gasteiger partial charge in [-0.05, 0) is 31.4 Å². The molecule has 1 amide bonds. The first kappa shape index (κ1) is 18.7. The van der Waals surface area contributed by atoms with Crippen LogP contribution in [-0.4, -0.2) is 32.5 Å². The van der Waals surface area contributed by atoms with Gasteiger partial charge in [0.05, 0.1) is 6.04 Å². The maximum Gasteiger partial charge on any atom is 0.226 e. The Morgan fingerprint density at radius 1 is 1.32 bits per heavy atom. The second-order valence-corrected chi connectivity index (χ2v) is 8.69. The number of hydrogen-bond donors (Lipinski definition) is 1. The molecule has 1 N–H and O–H groups in total. The summed E-state index contributed by atoms with van der Waals surface area (Å²) >= 11 is 0. The van der Waals surface area contributed by atoms with E-state index < -0.39 is 0 Å². The number of carbonyl (C=O) groups is 1. The van der Waals surface area contributed by atoms with Crippen molar-refractivity contribution < 1.29 is 9.32 Å². The molecule has 1 aliphatic rings. The maximum absolute atomic E-state index is 12.8. The molecule has 6 heteroatoms. The Kier molecular flexibility index (Phi) is 4.73. The SMILES string of the molecule is C[C@H]1c2[nH]c3ccccc3c2CCN1C(=O)CCCc1nc(C(C)(C)C)no1. The van der Waals surface area contributed by atoms with Gasteiger partial charge in [-0.1, -0.05) is 44.1 Å². The van der Waals surface area contributed by atoms with Crippen LogP contribution in [0.25, 0.3) is 10.9 Å². The van der Waals surface area contributed by atoms with E-state index in [1.165, 1.54) is 16.6 Å². The van der Waals surface area contributed by atoms with Gasteiger partial charge in [-0.25, -0.2) is 0 Å². The standard InChI is InChI=1S/C22H28N4O2/c1-14-20-16(15-8-5-6-9-17(15)23-20)12-13-26(14)19(27)11-7-10-18-24-21(25-28-18)22(2,3)4/h5-6,8-9,14,23H,7,10-13H2,1-4H3/t14-/m0/s1. The summed E-state index contributed by atoms with van der Waals surface area (Å²) in [6.07, 6.45) is 2.74. The number of nitrogens with one attached hydrogen (secondary N) is 1. The monoisotopic (exact) mass is 380 g/mol. The molecule has 1 atom stereocenters. The van der Waals surface area contributed by atoms with E-state index in [1.54, 1.807) is 0 Å². The topological polar surface area (TPSA) is 75.0 Å². The molecule has 0 saturated carbocycles. The third-order valence-electron chi connectivity index (χ3n) is 5.58. The summed E-state index contributed by atoms with van der Waals surface area (Å²) in [5, 5.41) is 5.33. The maximum atomic E-state index is 12.8. The van der Waals surface area contributed by atoms with Crippen LogP contribution in [0.3, 0.4) is 0 Å². The molecule has 0 saturated heterocycles. The Labute approximate surface area is 165 Å². The zero-order chi connectivity index (χ0) is 19.9. The van der Waals surface area contributed by atoms with Gasteiger partial charge in [-0.15, -0.1) is 0 Å². The van der Waals surface area contributed by atoms with Gasteiger partial charge in [0.25, 0.3) is 0 Å². The van der Waals surface area contributed by atoms with Gasteiger partial charge in [0, 0.05) is 41.4 Å². The average molecular weight is 380 g/mol. The highest BCUT2D eigenvalue weighted by atomic mass is 16.5. The van der Waals surface area contributed by atoms with Crippen LogP contribution >= 0.6 is 0 Å². The summed E-state index contributed by atoms with van der Waals surface area (Å²) in [7, 11) is 0. The predicted octanol–water partition coefficient (Wildman–Crippen LogP) is 4.32. The quantitative estimate of drug-likeness (QED) is 0.731. The minimum absolute atomic E-state index is 0.0690. The predicted molar refractivity (Wildman–Crippen MR) is 108 cm³/mol. The Balaban J connectivity index is 1.38. The van der Waals surface area contributed by atoms with Gasteiger partial charge in [-0.3, -0.25) is 4.79 Å². The van der Waals surface area contributed by atoms with E-state index in [2.05, 4.69) is 61.0 Å². The largest absolute Gasteiger partial charge is 0.356 e. The van der Waals surface area contributed by atoms with Crippen LogP contribution in [0.4, 0.5) is 0 Å². The molecular formula is C22H28N4O2. The van der Waals surface area contributed by atoms with Crippen molar-refractivity contribution in [3.05, 3.63) is 47.2 Å². The number of aromatic nitrogens is 3. The molecule has 0 aliphatic carbocycles. The van der Waals surface area contributed by atoms with Crippen molar-refractivity contribution in [2.24, 2.45) is 0 Å². The lowest BCUT2D eigenvalue weighted by atomic mass is 9.96. The molecule has 6 nitrogen and oxygen atoms in total. The van der Waals surface area contributed by atoms with Gasteiger partial charge in [0.15, 0.2) is 5.82 Å². The van der Waals surface area contributed by atoms with Gasteiger partial charge >= 0.3 is 0 Å². The highest BCUT2D eigenvalue weighted by Gasteiger charge is 2.30. The number of fused-ring (bicyclic) bond motifs is 3. The van der Waals surface area contributed by atoms with Crippen molar-refractivity contribution in [3.8, 4) is 0 Å². The summed E-state index contributed by atoms with van der Waals surface area (Å²) in [5.41, 5.74) is 3.55. The number of nitrogens with zero attached hydrogens (tertiary/aromatic N) is 3. The summed E-state index contributed by atoms with van der Waals surface area (Å²) in [6, 6.07) is 8.44. The molecule has 0 spiro atoms. The first-order valence-electron chi connectivity index (χ1n) is 10.1. The van der Waals surface area contributed by atoms with E-state index in [0.717, 1.165) is 18.5 Å². The molecule has 4 rings (SSSR count). The highest BCUT2D eigenvalue weighted by molar-refractivity contribution is 5.86. The van der Waals surface area contributed by atoms with Crippen molar-refractivity contribution in [2.45, 2.75) is 64.8 Å². The van der Waals surface area contributed by atoms with E-state index in [4.69, 9.17) is 4.52 Å². The first-order valence-corrected chi connectivity index (χ1v) is 10.1. The summed E-state index contributed by atoms with van der Waals surface area (Å²) in [6.45, 7) is 9.05. The number of aromatic amines is 1. The number of hydrogen-bond acceptors (Lipinski definition) is 4. The second-order valence-electron chi connectivity index (χ2n) is 8.69. The molecule has 0 unspecified atom stereocenters. The molecule has 1 aromatic carbocycles. The highest BCUT2D eigenvalue weighted by Crippen LogP contribution is 2.34. The van der Waals surface area contributed by atoms with Gasteiger partial charge in [0.1, 0.15) is 0 Å². The van der Waals surface area contributed by atoms with E-state index in [1.807, 2.05) is 11.0 Å². The van der Waals surface area contributed by atoms with E-state index in [9.17, 15) is 4.79 Å². The van der Waals surface area contributed by atoms with Crippen molar-refractivity contribution in [2.75, 3.05) is 6.54 Å². The fraction of sp³-hybridized carbons (Fsp3) is 0.500. The number of aryl methyl sites for hydroxylation is 1. The average Bonchev–Trinajstić information content (AvgIpc) is 3.27. The Morgan fingerprint density at radius 3 is 2.86 bits per heavy atom. The van der Waals surface area contributed by atoms with Gasteiger partial charge < -0.3 is 14.4 Å². The number of para-hydroxylation sites is 1. The van der Waals surface area contributed by atoms with Crippen molar-refractivity contribution in [1.82, 2.24) is 20.0 Å². The molecule has 3 aromatic rings. The van der Waals surface area contributed by atoms with Crippen LogP contribution in [-0.2, 0) is 23.1 Å². The lowest BCUT2D eigenvalue weighted by Gasteiger charge is -2.33. The van der Waals surface area contributed by atoms with Gasteiger partial charge in [-0.2, -0.15) is 4.98 Å². The fourth-order valence-electron chi connectivity index (χ4n) is 3.96. The number of H-pyrrole nitrogens is 1. The third kappa shape index (κ3) is 3.43. The van der Waals surface area contributed by atoms with Crippen LogP contribution in [0.5, 0.6) is 0 Å². The first-order chi connectivity index (χ1) is 13.3. The number of amides is 1. The van der Waals surface area contributed by atoms with Crippen LogP contribution < -0.4 is 0 Å². The third-order valence-corrected chi connectivity index (χ3v) is 5.58. The second kappa shape index (κ2) is 7.08. The van der Waals surface area contributed by atoms with E-state index in [-0.39, 0.29) is 17.4 Å². The minimum atomic E-state index is -0.127. The van der Waals surface area contributed by atoms with Crippen molar-refractivity contribution in [1.29, 1.82) is 0 Å². The van der Waals surface area contributed by atoms with Crippen LogP contribution in [0.15, 0.2) is 28.8 Å². The lowest BCUT2D eigenvalue weighted by molar-refractivity contribution is -0.133. The zero-order valence-corrected chi connectivity index (χ0v) is 17.1. The molecular weight excluding hydrogens is 352 g/mol. The minimum Gasteiger partial charge on any atom is -0.356 e. The number of carbonyl (C=O) groups excluding carboxylic acids is 1. The number of benzene rings is 1. The normalized spacial score (nSPS) is 17.1. The summed E-state index contributed by atoms with van der Waals surface area (Å²) in [4.78, 5) is 22.8. The molecule has 2 aromatic heterocycles. The zero-order valence-electron chi connectivity index (χ0n) is 17.1. The lowest BCUT2D eigenvalue weighted by Crippen LogP contribution is -2.38. The van der Waals surface area contributed by atoms with Crippen molar-refractivity contribution >= 4 is 16.8 Å². The molecule has 3 heterocycles. The summed E-state index contributed by atoms with van der Waals surface area (Å²) in [5.74, 6) is 1.51.